The third kappa shape index (κ3) is 3.34. The van der Waals surface area contributed by atoms with E-state index in [9.17, 15) is 9.90 Å². The van der Waals surface area contributed by atoms with E-state index >= 15 is 0 Å². The molecule has 0 spiro atoms. The Bertz CT molecular complexity index is 327. The van der Waals surface area contributed by atoms with Crippen molar-refractivity contribution in [1.82, 2.24) is 0 Å². The lowest BCUT2D eigenvalue weighted by Gasteiger charge is -2.13. The van der Waals surface area contributed by atoms with Crippen LogP contribution in [0.3, 0.4) is 0 Å². The summed E-state index contributed by atoms with van der Waals surface area (Å²) in [4.78, 5) is 11.0. The fraction of sp³-hybridized carbons (Fsp3) is 0.545. The maximum absolute atomic E-state index is 11.0. The molecule has 1 rings (SSSR count). The number of aliphatic hydroxyl groups excluding tert-OH is 1. The van der Waals surface area contributed by atoms with Crippen molar-refractivity contribution < 1.29 is 9.52 Å². The highest BCUT2D eigenvalue weighted by molar-refractivity contribution is 4.99. The molecule has 1 heterocycles. The second kappa shape index (κ2) is 4.96. The zero-order chi connectivity index (χ0) is 10.6. The molecule has 3 nitrogen and oxygen atoms in total. The highest BCUT2D eigenvalue weighted by atomic mass is 16.3. The molecular formula is C11H16O3. The molecule has 1 aromatic rings. The van der Waals surface area contributed by atoms with Crippen molar-refractivity contribution >= 4 is 0 Å². The first-order chi connectivity index (χ1) is 6.59. The predicted molar refractivity (Wildman–Crippen MR) is 54.1 cm³/mol. The van der Waals surface area contributed by atoms with Crippen LogP contribution in [0.2, 0.25) is 0 Å². The summed E-state index contributed by atoms with van der Waals surface area (Å²) < 4.78 is 5.16. The Kier molecular flexibility index (Phi) is 3.89. The van der Waals surface area contributed by atoms with Crippen molar-refractivity contribution in [1.29, 1.82) is 0 Å². The minimum atomic E-state index is -0.314. The lowest BCUT2D eigenvalue weighted by atomic mass is 9.99. The quantitative estimate of drug-likeness (QED) is 0.795. The third-order valence-electron chi connectivity index (χ3n) is 2.42. The molecule has 0 saturated carbocycles. The Morgan fingerprint density at radius 1 is 1.50 bits per heavy atom. The van der Waals surface area contributed by atoms with Gasteiger partial charge in [-0.1, -0.05) is 6.92 Å². The Morgan fingerprint density at radius 3 is 2.79 bits per heavy atom. The summed E-state index contributed by atoms with van der Waals surface area (Å²) in [5.41, 5.74) is -0.0315. The van der Waals surface area contributed by atoms with Gasteiger partial charge in [0.15, 0.2) is 5.43 Å². The van der Waals surface area contributed by atoms with Gasteiger partial charge in [0.05, 0.1) is 12.4 Å². The van der Waals surface area contributed by atoms with Crippen molar-refractivity contribution in [3.8, 4) is 0 Å². The van der Waals surface area contributed by atoms with E-state index in [1.54, 1.807) is 6.92 Å². The van der Waals surface area contributed by atoms with Gasteiger partial charge < -0.3 is 9.52 Å². The summed E-state index contributed by atoms with van der Waals surface area (Å²) in [6.07, 6.45) is 2.61. The van der Waals surface area contributed by atoms with Gasteiger partial charge in [0.2, 0.25) is 0 Å². The van der Waals surface area contributed by atoms with Crippen LogP contribution >= 0.6 is 0 Å². The standard InChI is InChI=1S/C11H16O3/c1-8(9(2)12)3-4-11-7-10(13)5-6-14-11/h5-9,12H,3-4H2,1-2H3. The van der Waals surface area contributed by atoms with Gasteiger partial charge in [0, 0.05) is 18.6 Å². The predicted octanol–water partition coefficient (Wildman–Crippen LogP) is 1.59. The highest BCUT2D eigenvalue weighted by Gasteiger charge is 2.09. The SMILES string of the molecule is CC(O)C(C)CCc1cc(=O)cco1. The molecular weight excluding hydrogens is 180 g/mol. The number of rotatable bonds is 4. The van der Waals surface area contributed by atoms with Crippen LogP contribution in [0.15, 0.2) is 27.6 Å². The summed E-state index contributed by atoms with van der Waals surface area (Å²) >= 11 is 0. The molecule has 2 atom stereocenters. The Labute approximate surface area is 83.4 Å². The topological polar surface area (TPSA) is 50.4 Å². The second-order valence-corrected chi connectivity index (χ2v) is 3.69. The summed E-state index contributed by atoms with van der Waals surface area (Å²) in [6.45, 7) is 3.75. The molecule has 78 valence electrons. The monoisotopic (exact) mass is 196 g/mol. The van der Waals surface area contributed by atoms with Crippen molar-refractivity contribution in [2.75, 3.05) is 0 Å². The van der Waals surface area contributed by atoms with E-state index in [1.165, 1.54) is 18.4 Å². The van der Waals surface area contributed by atoms with Crippen molar-refractivity contribution in [2.45, 2.75) is 32.8 Å². The van der Waals surface area contributed by atoms with Gasteiger partial charge in [-0.25, -0.2) is 0 Å². The van der Waals surface area contributed by atoms with Crippen LogP contribution in [0.4, 0.5) is 0 Å². The molecule has 14 heavy (non-hydrogen) atoms. The molecule has 0 aliphatic rings. The van der Waals surface area contributed by atoms with E-state index < -0.39 is 0 Å². The molecule has 0 saturated heterocycles. The van der Waals surface area contributed by atoms with Crippen LogP contribution in [-0.4, -0.2) is 11.2 Å². The van der Waals surface area contributed by atoms with Gasteiger partial charge in [-0.15, -0.1) is 0 Å². The van der Waals surface area contributed by atoms with E-state index in [0.29, 0.717) is 12.2 Å². The number of aryl methyl sites for hydroxylation is 1. The summed E-state index contributed by atoms with van der Waals surface area (Å²) in [6, 6.07) is 2.89. The third-order valence-corrected chi connectivity index (χ3v) is 2.42. The van der Waals surface area contributed by atoms with Gasteiger partial charge in [0.25, 0.3) is 0 Å². The van der Waals surface area contributed by atoms with Gasteiger partial charge in [-0.3, -0.25) is 4.79 Å². The summed E-state index contributed by atoms with van der Waals surface area (Å²) in [7, 11) is 0. The average molecular weight is 196 g/mol. The Balaban J connectivity index is 2.50. The first-order valence-electron chi connectivity index (χ1n) is 4.85. The van der Waals surface area contributed by atoms with Gasteiger partial charge >= 0.3 is 0 Å². The first-order valence-corrected chi connectivity index (χ1v) is 4.85. The molecule has 1 N–H and O–H groups in total. The summed E-state index contributed by atoms with van der Waals surface area (Å²) in [5.74, 6) is 0.908. The van der Waals surface area contributed by atoms with E-state index in [4.69, 9.17) is 4.42 Å². The molecule has 1 aromatic heterocycles. The molecule has 0 amide bonds. The van der Waals surface area contributed by atoms with Crippen LogP contribution in [-0.2, 0) is 6.42 Å². The van der Waals surface area contributed by atoms with Crippen molar-refractivity contribution in [3.05, 3.63) is 34.4 Å². The van der Waals surface area contributed by atoms with E-state index in [1.807, 2.05) is 6.92 Å². The van der Waals surface area contributed by atoms with Gasteiger partial charge in [-0.2, -0.15) is 0 Å². The van der Waals surface area contributed by atoms with Crippen LogP contribution in [0.25, 0.3) is 0 Å². The minimum Gasteiger partial charge on any atom is -0.469 e. The van der Waals surface area contributed by atoms with Crippen LogP contribution in [0.1, 0.15) is 26.0 Å². The average Bonchev–Trinajstić information content (AvgIpc) is 2.14. The van der Waals surface area contributed by atoms with Gasteiger partial charge in [-0.05, 0) is 19.3 Å². The molecule has 0 aromatic carbocycles. The maximum Gasteiger partial charge on any atom is 0.185 e. The van der Waals surface area contributed by atoms with E-state index in [0.717, 1.165) is 6.42 Å². The fourth-order valence-corrected chi connectivity index (χ4v) is 1.17. The second-order valence-electron chi connectivity index (χ2n) is 3.69. The normalized spacial score (nSPS) is 15.1. The Morgan fingerprint density at radius 2 is 2.21 bits per heavy atom. The molecule has 2 unspecified atom stereocenters. The number of hydrogen-bond acceptors (Lipinski definition) is 3. The van der Waals surface area contributed by atoms with Crippen LogP contribution < -0.4 is 5.43 Å². The highest BCUT2D eigenvalue weighted by Crippen LogP contribution is 2.11. The zero-order valence-electron chi connectivity index (χ0n) is 8.56. The van der Waals surface area contributed by atoms with E-state index in [-0.39, 0.29) is 17.5 Å². The van der Waals surface area contributed by atoms with Crippen molar-refractivity contribution in [2.24, 2.45) is 5.92 Å². The molecule has 0 aliphatic heterocycles. The lowest BCUT2D eigenvalue weighted by molar-refractivity contribution is 0.129. The lowest BCUT2D eigenvalue weighted by Crippen LogP contribution is -2.13. The molecule has 0 bridgehead atoms. The largest absolute Gasteiger partial charge is 0.469 e. The smallest absolute Gasteiger partial charge is 0.185 e. The fourth-order valence-electron chi connectivity index (χ4n) is 1.17. The first kappa shape index (κ1) is 11.0. The maximum atomic E-state index is 11.0. The van der Waals surface area contributed by atoms with E-state index in [2.05, 4.69) is 0 Å². The zero-order valence-corrected chi connectivity index (χ0v) is 8.56. The molecule has 0 fully saturated rings. The Hall–Kier alpha value is -1.09. The summed E-state index contributed by atoms with van der Waals surface area (Å²) in [5, 5.41) is 9.26. The van der Waals surface area contributed by atoms with Gasteiger partial charge in [0.1, 0.15) is 5.76 Å². The van der Waals surface area contributed by atoms with Crippen molar-refractivity contribution in [3.63, 3.8) is 0 Å². The number of aliphatic hydroxyl groups is 1. The molecule has 0 aliphatic carbocycles. The van der Waals surface area contributed by atoms with Crippen LogP contribution in [0.5, 0.6) is 0 Å². The molecule has 0 radical (unpaired) electrons. The van der Waals surface area contributed by atoms with Crippen LogP contribution in [0, 0.1) is 5.92 Å². The minimum absolute atomic E-state index is 0.0315. The molecule has 3 heteroatoms. The number of hydrogen-bond donors (Lipinski definition) is 1.